The highest BCUT2D eigenvalue weighted by molar-refractivity contribution is 6.32. The number of likely N-dealkylation sites (N-methyl/N-ethyl adjacent to an activating group) is 1. The molecule has 116 valence electrons. The average molecular weight is 315 g/mol. The van der Waals surface area contributed by atoms with Crippen molar-refractivity contribution in [1.29, 1.82) is 0 Å². The lowest BCUT2D eigenvalue weighted by Crippen LogP contribution is -2.43. The van der Waals surface area contributed by atoms with Gasteiger partial charge in [0.25, 0.3) is 0 Å². The van der Waals surface area contributed by atoms with Crippen LogP contribution >= 0.6 is 11.6 Å². The van der Waals surface area contributed by atoms with Gasteiger partial charge in [-0.2, -0.15) is 0 Å². The number of benzene rings is 1. The molecule has 0 spiro atoms. The Labute approximate surface area is 128 Å². The Morgan fingerprint density at radius 2 is 2.10 bits per heavy atom. The first-order valence-electron chi connectivity index (χ1n) is 6.51. The number of carboxylic acids is 1. The Balaban J connectivity index is 2.36. The third kappa shape index (κ3) is 6.01. The van der Waals surface area contributed by atoms with Crippen LogP contribution in [0.1, 0.15) is 12.8 Å². The minimum Gasteiger partial charge on any atom is -0.490 e. The van der Waals surface area contributed by atoms with E-state index in [-0.39, 0.29) is 25.4 Å². The Kier molecular flexibility index (Phi) is 6.98. The van der Waals surface area contributed by atoms with Crippen molar-refractivity contribution in [2.45, 2.75) is 18.9 Å². The van der Waals surface area contributed by atoms with E-state index in [9.17, 15) is 9.59 Å². The molecule has 1 aromatic rings. The van der Waals surface area contributed by atoms with Gasteiger partial charge in [0.2, 0.25) is 5.91 Å². The van der Waals surface area contributed by atoms with Gasteiger partial charge in [-0.1, -0.05) is 23.7 Å². The lowest BCUT2D eigenvalue weighted by atomic mass is 10.1. The van der Waals surface area contributed by atoms with Crippen molar-refractivity contribution in [2.75, 3.05) is 20.2 Å². The second-order valence-electron chi connectivity index (χ2n) is 4.58. The van der Waals surface area contributed by atoms with Crippen LogP contribution in [0.3, 0.4) is 0 Å². The maximum atomic E-state index is 11.9. The second kappa shape index (κ2) is 8.49. The van der Waals surface area contributed by atoms with Gasteiger partial charge in [0.15, 0.2) is 0 Å². The number of nitrogens with two attached hydrogens (primary N) is 1. The van der Waals surface area contributed by atoms with Crippen molar-refractivity contribution in [3.05, 3.63) is 29.3 Å². The molecule has 0 fully saturated rings. The van der Waals surface area contributed by atoms with Gasteiger partial charge in [-0.3, -0.25) is 9.59 Å². The fourth-order valence-electron chi connectivity index (χ4n) is 1.65. The Morgan fingerprint density at radius 1 is 1.43 bits per heavy atom. The van der Waals surface area contributed by atoms with Crippen LogP contribution in [-0.2, 0) is 9.59 Å². The van der Waals surface area contributed by atoms with Gasteiger partial charge in [-0.05, 0) is 18.6 Å². The maximum absolute atomic E-state index is 11.9. The molecule has 1 amide bonds. The van der Waals surface area contributed by atoms with E-state index >= 15 is 0 Å². The number of hydrogen-bond donors (Lipinski definition) is 2. The van der Waals surface area contributed by atoms with Crippen molar-refractivity contribution in [3.63, 3.8) is 0 Å². The third-order valence-corrected chi connectivity index (χ3v) is 3.20. The van der Waals surface area contributed by atoms with Crippen LogP contribution in [0.15, 0.2) is 24.3 Å². The van der Waals surface area contributed by atoms with Crippen LogP contribution in [0.25, 0.3) is 0 Å². The molecule has 1 aromatic carbocycles. The van der Waals surface area contributed by atoms with Gasteiger partial charge in [0, 0.05) is 13.5 Å². The van der Waals surface area contributed by atoms with Crippen molar-refractivity contribution in [2.24, 2.45) is 5.73 Å². The number of rotatable bonds is 8. The van der Waals surface area contributed by atoms with Gasteiger partial charge in [-0.15, -0.1) is 0 Å². The number of ether oxygens (including phenoxy) is 1. The number of amides is 1. The van der Waals surface area contributed by atoms with E-state index in [2.05, 4.69) is 0 Å². The topological polar surface area (TPSA) is 92.9 Å². The molecule has 0 aromatic heterocycles. The molecule has 0 saturated heterocycles. The zero-order valence-electron chi connectivity index (χ0n) is 11.8. The van der Waals surface area contributed by atoms with E-state index < -0.39 is 12.0 Å². The highest BCUT2D eigenvalue weighted by atomic mass is 35.5. The minimum atomic E-state index is -0.969. The first-order chi connectivity index (χ1) is 9.91. The normalized spacial score (nSPS) is 11.8. The molecular weight excluding hydrogens is 296 g/mol. The van der Waals surface area contributed by atoms with Crippen LogP contribution in [0.5, 0.6) is 5.75 Å². The number of nitrogens with zero attached hydrogens (tertiary/aromatic N) is 1. The van der Waals surface area contributed by atoms with Crippen LogP contribution < -0.4 is 10.5 Å². The van der Waals surface area contributed by atoms with E-state index in [0.29, 0.717) is 17.3 Å². The molecular formula is C14H19ClN2O4. The largest absolute Gasteiger partial charge is 0.490 e. The zero-order chi connectivity index (χ0) is 15.8. The molecule has 0 saturated carbocycles. The fraction of sp³-hybridized carbons (Fsp3) is 0.429. The van der Waals surface area contributed by atoms with Crippen molar-refractivity contribution in [1.82, 2.24) is 4.90 Å². The molecule has 1 rings (SSSR count). The summed E-state index contributed by atoms with van der Waals surface area (Å²) in [4.78, 5) is 23.8. The SMILES string of the molecule is CN(CCOc1ccccc1Cl)C(=O)C(N)CCC(=O)O. The summed E-state index contributed by atoms with van der Waals surface area (Å²) in [5.74, 6) is -0.725. The molecule has 1 atom stereocenters. The molecule has 0 bridgehead atoms. The monoisotopic (exact) mass is 314 g/mol. The van der Waals surface area contributed by atoms with Gasteiger partial charge < -0.3 is 20.5 Å². The average Bonchev–Trinajstić information content (AvgIpc) is 2.45. The summed E-state index contributed by atoms with van der Waals surface area (Å²) < 4.78 is 5.47. The molecule has 1 unspecified atom stereocenters. The molecule has 3 N–H and O–H groups in total. The highest BCUT2D eigenvalue weighted by Crippen LogP contribution is 2.22. The molecule has 21 heavy (non-hydrogen) atoms. The third-order valence-electron chi connectivity index (χ3n) is 2.88. The van der Waals surface area contributed by atoms with Gasteiger partial charge >= 0.3 is 5.97 Å². The van der Waals surface area contributed by atoms with Crippen molar-refractivity contribution >= 4 is 23.5 Å². The Morgan fingerprint density at radius 3 is 2.71 bits per heavy atom. The summed E-state index contributed by atoms with van der Waals surface area (Å²) >= 11 is 5.94. The second-order valence-corrected chi connectivity index (χ2v) is 4.98. The van der Waals surface area contributed by atoms with Gasteiger partial charge in [0.1, 0.15) is 12.4 Å². The number of carbonyl (C=O) groups excluding carboxylic acids is 1. The molecule has 7 heteroatoms. The molecule has 0 radical (unpaired) electrons. The smallest absolute Gasteiger partial charge is 0.303 e. The van der Waals surface area contributed by atoms with E-state index in [0.717, 1.165) is 0 Å². The summed E-state index contributed by atoms with van der Waals surface area (Å²) in [5.41, 5.74) is 5.66. The lowest BCUT2D eigenvalue weighted by molar-refractivity contribution is -0.137. The number of aliphatic carboxylic acids is 1. The fourth-order valence-corrected chi connectivity index (χ4v) is 1.84. The molecule has 0 aliphatic carbocycles. The predicted octanol–water partition coefficient (Wildman–Crippen LogP) is 1.37. The number of para-hydroxylation sites is 1. The van der Waals surface area contributed by atoms with E-state index in [1.54, 1.807) is 31.3 Å². The highest BCUT2D eigenvalue weighted by Gasteiger charge is 2.18. The maximum Gasteiger partial charge on any atom is 0.303 e. The Bertz CT molecular complexity index is 496. The molecule has 6 nitrogen and oxygen atoms in total. The quantitative estimate of drug-likeness (QED) is 0.756. The minimum absolute atomic E-state index is 0.115. The van der Waals surface area contributed by atoms with Crippen LogP contribution in [0.2, 0.25) is 5.02 Å². The van der Waals surface area contributed by atoms with Crippen LogP contribution in [0, 0.1) is 0 Å². The van der Waals surface area contributed by atoms with E-state index in [1.807, 2.05) is 0 Å². The number of carbonyl (C=O) groups is 2. The standard InChI is InChI=1S/C14H19ClN2O4/c1-17(14(20)11(16)6-7-13(18)19)8-9-21-12-5-3-2-4-10(12)15/h2-5,11H,6-9,16H2,1H3,(H,18,19). The predicted molar refractivity (Wildman–Crippen MR) is 79.4 cm³/mol. The van der Waals surface area contributed by atoms with E-state index in [1.165, 1.54) is 4.90 Å². The number of halogens is 1. The zero-order valence-corrected chi connectivity index (χ0v) is 12.5. The molecule has 0 heterocycles. The molecule has 0 aliphatic heterocycles. The Hall–Kier alpha value is -1.79. The summed E-state index contributed by atoms with van der Waals surface area (Å²) in [5, 5.41) is 9.07. The van der Waals surface area contributed by atoms with Crippen molar-refractivity contribution in [3.8, 4) is 5.75 Å². The van der Waals surface area contributed by atoms with Gasteiger partial charge in [-0.25, -0.2) is 0 Å². The van der Waals surface area contributed by atoms with Crippen LogP contribution in [-0.4, -0.2) is 48.1 Å². The summed E-state index contributed by atoms with van der Waals surface area (Å²) in [6.45, 7) is 0.614. The summed E-state index contributed by atoms with van der Waals surface area (Å²) in [7, 11) is 1.60. The summed E-state index contributed by atoms with van der Waals surface area (Å²) in [6, 6.07) is 6.24. The first kappa shape index (κ1) is 17.3. The van der Waals surface area contributed by atoms with Crippen molar-refractivity contribution < 1.29 is 19.4 Å². The first-order valence-corrected chi connectivity index (χ1v) is 6.89. The lowest BCUT2D eigenvalue weighted by Gasteiger charge is -2.21. The number of carboxylic acid groups (broad SMARTS) is 1. The van der Waals surface area contributed by atoms with E-state index in [4.69, 9.17) is 27.2 Å². The summed E-state index contributed by atoms with van der Waals surface area (Å²) in [6.07, 6.45) is -0.0131. The van der Waals surface area contributed by atoms with Gasteiger partial charge in [0.05, 0.1) is 17.6 Å². The van der Waals surface area contributed by atoms with Crippen LogP contribution in [0.4, 0.5) is 0 Å². The molecule has 0 aliphatic rings. The number of hydrogen-bond acceptors (Lipinski definition) is 4.